The van der Waals surface area contributed by atoms with E-state index in [9.17, 15) is 4.79 Å². The number of likely N-dealkylation sites (N-methyl/N-ethyl adjacent to an activating group) is 1. The molecule has 0 bridgehead atoms. The monoisotopic (exact) mass is 455 g/mol. The molecular weight excluding hydrogens is 422 g/mol. The van der Waals surface area contributed by atoms with Crippen LogP contribution in [0.25, 0.3) is 0 Å². The van der Waals surface area contributed by atoms with Crippen molar-refractivity contribution in [3.05, 3.63) is 83.6 Å². The Kier molecular flexibility index (Phi) is 6.74. The third kappa shape index (κ3) is 5.56. The second-order valence-corrected chi connectivity index (χ2v) is 9.56. The van der Waals surface area contributed by atoms with Crippen LogP contribution in [-0.2, 0) is 6.42 Å². The predicted octanol–water partition coefficient (Wildman–Crippen LogP) is 4.29. The number of carbonyl (C=O) groups excluding carboxylic acids is 1. The molecule has 1 unspecified atom stereocenters. The minimum absolute atomic E-state index is 0.105. The highest BCUT2D eigenvalue weighted by Crippen LogP contribution is 2.31. The number of nitrogens with one attached hydrogen (secondary N) is 1. The maximum atomic E-state index is 12.9. The van der Waals surface area contributed by atoms with E-state index in [4.69, 9.17) is 4.98 Å². The molecule has 6 nitrogen and oxygen atoms in total. The van der Waals surface area contributed by atoms with Gasteiger partial charge in [-0.2, -0.15) is 4.98 Å². The standard InChI is InChI=1S/C28H33N5O/c1-32(16-14-21-8-4-2-5-9-21)28-30-25(27(34)29-19-22-12-13-22)18-26(31-28)33-17-15-24(20-33)23-10-6-3-7-11-23/h2-11,18,22,24H,12-17,19-20H2,1H3,(H,29,34). The smallest absolute Gasteiger partial charge is 0.270 e. The maximum Gasteiger partial charge on any atom is 0.270 e. The Morgan fingerprint density at radius 1 is 1.03 bits per heavy atom. The first-order valence-electron chi connectivity index (χ1n) is 12.4. The van der Waals surface area contributed by atoms with Gasteiger partial charge in [0.25, 0.3) is 5.91 Å². The van der Waals surface area contributed by atoms with Crippen molar-refractivity contribution in [1.29, 1.82) is 0 Å². The van der Waals surface area contributed by atoms with Crippen molar-refractivity contribution in [3.63, 3.8) is 0 Å². The van der Waals surface area contributed by atoms with Gasteiger partial charge in [0.05, 0.1) is 0 Å². The lowest BCUT2D eigenvalue weighted by atomic mass is 9.99. The van der Waals surface area contributed by atoms with Crippen LogP contribution in [0.1, 0.15) is 46.8 Å². The first kappa shape index (κ1) is 22.4. The topological polar surface area (TPSA) is 61.4 Å². The fraction of sp³-hybridized carbons (Fsp3) is 0.393. The van der Waals surface area contributed by atoms with E-state index in [1.165, 1.54) is 24.0 Å². The van der Waals surface area contributed by atoms with Crippen molar-refractivity contribution in [2.75, 3.05) is 43.0 Å². The molecule has 1 aromatic heterocycles. The molecule has 1 amide bonds. The average molecular weight is 456 g/mol. The van der Waals surface area contributed by atoms with E-state index in [-0.39, 0.29) is 5.91 Å². The molecule has 1 atom stereocenters. The zero-order valence-corrected chi connectivity index (χ0v) is 19.9. The Hall–Kier alpha value is -3.41. The lowest BCUT2D eigenvalue weighted by molar-refractivity contribution is 0.0946. The molecular formula is C28H33N5O. The molecule has 1 aliphatic carbocycles. The van der Waals surface area contributed by atoms with Crippen LogP contribution < -0.4 is 15.1 Å². The van der Waals surface area contributed by atoms with E-state index < -0.39 is 0 Å². The number of hydrogen-bond donors (Lipinski definition) is 1. The fourth-order valence-corrected chi connectivity index (χ4v) is 4.53. The molecule has 2 fully saturated rings. The van der Waals surface area contributed by atoms with Gasteiger partial charge < -0.3 is 15.1 Å². The zero-order valence-electron chi connectivity index (χ0n) is 19.9. The summed E-state index contributed by atoms with van der Waals surface area (Å²) in [5.74, 6) is 2.44. The highest BCUT2D eigenvalue weighted by atomic mass is 16.1. The average Bonchev–Trinajstić information content (AvgIpc) is 3.59. The first-order valence-corrected chi connectivity index (χ1v) is 12.4. The highest BCUT2D eigenvalue weighted by molar-refractivity contribution is 5.93. The number of amides is 1. The molecule has 6 heteroatoms. The van der Waals surface area contributed by atoms with E-state index in [2.05, 4.69) is 74.7 Å². The molecule has 2 aromatic carbocycles. The van der Waals surface area contributed by atoms with Crippen molar-refractivity contribution in [2.24, 2.45) is 5.92 Å². The van der Waals surface area contributed by atoms with Crippen LogP contribution in [0.15, 0.2) is 66.7 Å². The van der Waals surface area contributed by atoms with Crippen LogP contribution in [-0.4, -0.2) is 49.1 Å². The molecule has 176 valence electrons. The number of anilines is 2. The molecule has 34 heavy (non-hydrogen) atoms. The van der Waals surface area contributed by atoms with Gasteiger partial charge in [0.1, 0.15) is 11.5 Å². The number of hydrogen-bond acceptors (Lipinski definition) is 5. The minimum Gasteiger partial charge on any atom is -0.356 e. The summed E-state index contributed by atoms with van der Waals surface area (Å²) >= 11 is 0. The van der Waals surface area contributed by atoms with Crippen molar-refractivity contribution in [3.8, 4) is 0 Å². The molecule has 0 spiro atoms. The van der Waals surface area contributed by atoms with Crippen LogP contribution in [0.5, 0.6) is 0 Å². The molecule has 1 N–H and O–H groups in total. The van der Waals surface area contributed by atoms with Crippen molar-refractivity contribution < 1.29 is 4.79 Å². The number of rotatable bonds is 9. The van der Waals surface area contributed by atoms with Gasteiger partial charge in [-0.1, -0.05) is 60.7 Å². The highest BCUT2D eigenvalue weighted by Gasteiger charge is 2.27. The third-order valence-corrected chi connectivity index (χ3v) is 6.89. The molecule has 2 heterocycles. The predicted molar refractivity (Wildman–Crippen MR) is 137 cm³/mol. The van der Waals surface area contributed by atoms with Gasteiger partial charge in [0.2, 0.25) is 5.95 Å². The number of nitrogens with zero attached hydrogens (tertiary/aromatic N) is 4. The largest absolute Gasteiger partial charge is 0.356 e. The molecule has 5 rings (SSSR count). The Morgan fingerprint density at radius 3 is 2.50 bits per heavy atom. The normalized spacial score (nSPS) is 17.6. The van der Waals surface area contributed by atoms with Gasteiger partial charge >= 0.3 is 0 Å². The number of carbonyl (C=O) groups is 1. The second-order valence-electron chi connectivity index (χ2n) is 9.56. The molecule has 1 aliphatic heterocycles. The van der Waals surface area contributed by atoms with E-state index in [0.717, 1.165) is 44.8 Å². The van der Waals surface area contributed by atoms with Gasteiger partial charge in [0, 0.05) is 45.2 Å². The van der Waals surface area contributed by atoms with Crippen molar-refractivity contribution in [1.82, 2.24) is 15.3 Å². The van der Waals surface area contributed by atoms with E-state index in [1.807, 2.05) is 19.2 Å². The summed E-state index contributed by atoms with van der Waals surface area (Å²) in [4.78, 5) is 26.9. The lowest BCUT2D eigenvalue weighted by Crippen LogP contribution is -2.30. The number of aromatic nitrogens is 2. The van der Waals surface area contributed by atoms with Crippen molar-refractivity contribution >= 4 is 17.7 Å². The first-order chi connectivity index (χ1) is 16.7. The van der Waals surface area contributed by atoms with Gasteiger partial charge in [-0.3, -0.25) is 4.79 Å². The number of benzene rings is 2. The lowest BCUT2D eigenvalue weighted by Gasteiger charge is -2.23. The van der Waals surface area contributed by atoms with Gasteiger partial charge in [0.15, 0.2) is 0 Å². The summed E-state index contributed by atoms with van der Waals surface area (Å²) in [5, 5.41) is 3.07. The summed E-state index contributed by atoms with van der Waals surface area (Å²) < 4.78 is 0. The van der Waals surface area contributed by atoms with E-state index in [1.54, 1.807) is 0 Å². The van der Waals surface area contributed by atoms with Gasteiger partial charge in [-0.05, 0) is 42.7 Å². The fourth-order valence-electron chi connectivity index (χ4n) is 4.53. The zero-order chi connectivity index (χ0) is 23.3. The summed E-state index contributed by atoms with van der Waals surface area (Å²) in [7, 11) is 2.00. The molecule has 1 saturated heterocycles. The summed E-state index contributed by atoms with van der Waals surface area (Å²) in [6.07, 6.45) is 4.39. The molecule has 0 radical (unpaired) electrons. The molecule has 1 saturated carbocycles. The van der Waals surface area contributed by atoms with Crippen LogP contribution >= 0.6 is 0 Å². The Labute approximate surface area is 202 Å². The Bertz CT molecular complexity index is 1100. The van der Waals surface area contributed by atoms with E-state index in [0.29, 0.717) is 23.5 Å². The minimum atomic E-state index is -0.105. The van der Waals surface area contributed by atoms with E-state index >= 15 is 0 Å². The van der Waals surface area contributed by atoms with Crippen molar-refractivity contribution in [2.45, 2.75) is 31.6 Å². The quantitative estimate of drug-likeness (QED) is 0.522. The van der Waals surface area contributed by atoms with Gasteiger partial charge in [-0.15, -0.1) is 0 Å². The van der Waals surface area contributed by atoms with Crippen LogP contribution in [0, 0.1) is 5.92 Å². The summed E-state index contributed by atoms with van der Waals surface area (Å²) in [6.45, 7) is 3.34. The SMILES string of the molecule is CN(CCc1ccccc1)c1nc(C(=O)NCC2CC2)cc(N2CCC(c3ccccc3)C2)n1. The van der Waals surface area contributed by atoms with Gasteiger partial charge in [-0.25, -0.2) is 4.98 Å². The van der Waals surface area contributed by atoms with Crippen LogP contribution in [0.3, 0.4) is 0 Å². The second kappa shape index (κ2) is 10.2. The summed E-state index contributed by atoms with van der Waals surface area (Å²) in [5.41, 5.74) is 3.09. The molecule has 2 aliphatic rings. The van der Waals surface area contributed by atoms with Crippen LogP contribution in [0.4, 0.5) is 11.8 Å². The maximum absolute atomic E-state index is 12.9. The Balaban J connectivity index is 1.35. The summed E-state index contributed by atoms with van der Waals surface area (Å²) in [6, 6.07) is 23.0. The molecule has 3 aromatic rings. The van der Waals surface area contributed by atoms with Crippen LogP contribution in [0.2, 0.25) is 0 Å². The Morgan fingerprint density at radius 2 is 1.76 bits per heavy atom. The third-order valence-electron chi connectivity index (χ3n) is 6.89.